The Balaban J connectivity index is 1.15. The lowest BCUT2D eigenvalue weighted by molar-refractivity contribution is -0.141. The van der Waals surface area contributed by atoms with Gasteiger partial charge in [-0.3, -0.25) is 4.79 Å². The minimum absolute atomic E-state index is 0.0130. The van der Waals surface area contributed by atoms with Gasteiger partial charge in [-0.05, 0) is 34.6 Å². The summed E-state index contributed by atoms with van der Waals surface area (Å²) >= 11 is 1.34. The Morgan fingerprint density at radius 3 is 2.27 bits per heavy atom. The predicted octanol–water partition coefficient (Wildman–Crippen LogP) is 3.63. The number of ether oxygens (including phenoxy) is 1. The van der Waals surface area contributed by atoms with E-state index in [0.29, 0.717) is 24.6 Å². The molecule has 0 unspecified atom stereocenters. The van der Waals surface area contributed by atoms with Crippen LogP contribution in [0.1, 0.15) is 36.3 Å². The van der Waals surface area contributed by atoms with Crippen molar-refractivity contribution in [1.29, 1.82) is 0 Å². The van der Waals surface area contributed by atoms with Crippen molar-refractivity contribution < 1.29 is 24.2 Å². The molecule has 0 aromatic heterocycles. The molecule has 0 aliphatic heterocycles. The number of hydrogen-bond acceptors (Lipinski definition) is 5. The summed E-state index contributed by atoms with van der Waals surface area (Å²) in [6.07, 6.45) is 2.08. The first kappa shape index (κ1) is 23.2. The lowest BCUT2D eigenvalue weighted by Gasteiger charge is -2.15. The number of carbonyl (C=O) groups excluding carboxylic acids is 2. The number of rotatable bonds is 11. The maximum atomic E-state index is 12.2. The van der Waals surface area contributed by atoms with E-state index in [1.54, 1.807) is 0 Å². The van der Waals surface area contributed by atoms with Crippen molar-refractivity contribution in [3.63, 3.8) is 0 Å². The van der Waals surface area contributed by atoms with E-state index in [4.69, 9.17) is 4.74 Å². The highest BCUT2D eigenvalue weighted by atomic mass is 32.2. The number of nitrogens with one attached hydrogen (secondary N) is 2. The number of thioether (sulfide) groups is 1. The van der Waals surface area contributed by atoms with E-state index in [2.05, 4.69) is 34.9 Å². The molecule has 1 fully saturated rings. The van der Waals surface area contributed by atoms with E-state index in [9.17, 15) is 19.5 Å². The molecule has 7 nitrogen and oxygen atoms in total. The van der Waals surface area contributed by atoms with Gasteiger partial charge in [0.25, 0.3) is 0 Å². The second-order valence-corrected chi connectivity index (χ2v) is 9.55. The van der Waals surface area contributed by atoms with Gasteiger partial charge in [0.1, 0.15) is 12.6 Å². The second kappa shape index (κ2) is 10.7. The number of carbonyl (C=O) groups is 3. The molecule has 2 aromatic rings. The van der Waals surface area contributed by atoms with Crippen LogP contribution < -0.4 is 10.6 Å². The van der Waals surface area contributed by atoms with Gasteiger partial charge in [0.2, 0.25) is 5.91 Å². The molecule has 0 spiro atoms. The van der Waals surface area contributed by atoms with Crippen LogP contribution in [0.15, 0.2) is 48.5 Å². The van der Waals surface area contributed by atoms with Crippen molar-refractivity contribution in [2.75, 3.05) is 24.7 Å². The molecular formula is C25H28N2O5S. The Kier molecular flexibility index (Phi) is 7.54. The molecule has 2 aliphatic rings. The van der Waals surface area contributed by atoms with Crippen molar-refractivity contribution >= 4 is 29.7 Å². The lowest BCUT2D eigenvalue weighted by Crippen LogP contribution is -2.42. The Bertz CT molecular complexity index is 978. The Labute approximate surface area is 197 Å². The van der Waals surface area contributed by atoms with Crippen LogP contribution in [0.3, 0.4) is 0 Å². The Morgan fingerprint density at radius 2 is 1.67 bits per heavy atom. The molecule has 1 atom stereocenters. The van der Waals surface area contributed by atoms with Crippen LogP contribution >= 0.6 is 11.8 Å². The summed E-state index contributed by atoms with van der Waals surface area (Å²) in [5.74, 6) is -0.176. The van der Waals surface area contributed by atoms with Gasteiger partial charge in [-0.1, -0.05) is 61.4 Å². The van der Waals surface area contributed by atoms with Crippen molar-refractivity contribution in [3.8, 4) is 11.1 Å². The van der Waals surface area contributed by atoms with Crippen LogP contribution in [-0.2, 0) is 14.3 Å². The van der Waals surface area contributed by atoms with Gasteiger partial charge in [0.05, 0.1) is 5.75 Å². The third-order valence-electron chi connectivity index (χ3n) is 5.99. The fourth-order valence-corrected chi connectivity index (χ4v) is 4.84. The van der Waals surface area contributed by atoms with E-state index in [0.717, 1.165) is 24.0 Å². The quantitative estimate of drug-likeness (QED) is 0.435. The molecule has 2 aromatic carbocycles. The zero-order valence-corrected chi connectivity index (χ0v) is 19.1. The SMILES string of the molecule is O=C(CSCCNC(=O)OCC1c2ccccc2-c2ccccc21)N[C@@H](CC1CC1)C(=O)O. The minimum Gasteiger partial charge on any atom is -0.480 e. The van der Waals surface area contributed by atoms with Crippen LogP contribution in [0, 0.1) is 5.92 Å². The summed E-state index contributed by atoms with van der Waals surface area (Å²) in [5.41, 5.74) is 4.68. The molecule has 2 amide bonds. The number of carboxylic acid groups (broad SMARTS) is 1. The molecule has 3 N–H and O–H groups in total. The van der Waals surface area contributed by atoms with Crippen molar-refractivity contribution in [2.45, 2.75) is 31.2 Å². The van der Waals surface area contributed by atoms with Crippen molar-refractivity contribution in [2.24, 2.45) is 5.92 Å². The number of aliphatic carboxylic acids is 1. The summed E-state index contributed by atoms with van der Waals surface area (Å²) in [6.45, 7) is 0.617. The summed E-state index contributed by atoms with van der Waals surface area (Å²) in [5, 5.41) is 14.5. The number of fused-ring (bicyclic) bond motifs is 3. The van der Waals surface area contributed by atoms with Crippen LogP contribution in [0.5, 0.6) is 0 Å². The molecule has 8 heteroatoms. The Hall–Kier alpha value is -3.00. The number of carboxylic acids is 1. The largest absolute Gasteiger partial charge is 0.480 e. The summed E-state index contributed by atoms with van der Waals surface area (Å²) in [6, 6.07) is 15.5. The fraction of sp³-hybridized carbons (Fsp3) is 0.400. The highest BCUT2D eigenvalue weighted by molar-refractivity contribution is 7.99. The van der Waals surface area contributed by atoms with E-state index in [1.165, 1.54) is 22.9 Å². The molecule has 0 heterocycles. The zero-order valence-electron chi connectivity index (χ0n) is 18.3. The topological polar surface area (TPSA) is 105 Å². The number of hydrogen-bond donors (Lipinski definition) is 3. The van der Waals surface area contributed by atoms with Gasteiger partial charge < -0.3 is 20.5 Å². The molecule has 0 bridgehead atoms. The van der Waals surface area contributed by atoms with Gasteiger partial charge in [0.15, 0.2) is 0 Å². The van der Waals surface area contributed by atoms with Crippen molar-refractivity contribution in [3.05, 3.63) is 59.7 Å². The molecule has 4 rings (SSSR count). The average Bonchev–Trinajstić information content (AvgIpc) is 3.57. The first-order valence-electron chi connectivity index (χ1n) is 11.2. The normalized spacial score (nSPS) is 15.3. The lowest BCUT2D eigenvalue weighted by atomic mass is 9.98. The van der Waals surface area contributed by atoms with Gasteiger partial charge in [-0.2, -0.15) is 11.8 Å². The molecule has 0 radical (unpaired) electrons. The van der Waals surface area contributed by atoms with Crippen molar-refractivity contribution in [1.82, 2.24) is 10.6 Å². The van der Waals surface area contributed by atoms with Gasteiger partial charge in [-0.15, -0.1) is 0 Å². The molecule has 174 valence electrons. The van der Waals surface area contributed by atoms with Crippen LogP contribution in [0.25, 0.3) is 11.1 Å². The predicted molar refractivity (Wildman–Crippen MR) is 127 cm³/mol. The minimum atomic E-state index is -0.989. The second-order valence-electron chi connectivity index (χ2n) is 8.44. The highest BCUT2D eigenvalue weighted by Gasteiger charge is 2.30. The fourth-order valence-electron chi connectivity index (χ4n) is 4.18. The molecule has 2 aliphatic carbocycles. The first-order chi connectivity index (χ1) is 16.0. The van der Waals surface area contributed by atoms with Gasteiger partial charge >= 0.3 is 12.1 Å². The van der Waals surface area contributed by atoms with Gasteiger partial charge in [0, 0.05) is 18.2 Å². The standard InChI is InChI=1S/C25H28N2O5S/c28-23(27-22(24(29)30)13-16-9-10-16)15-33-12-11-26-25(31)32-14-21-19-7-3-1-5-17(19)18-6-2-4-8-20(18)21/h1-8,16,21-22H,9-15H2,(H,26,31)(H,27,28)(H,29,30)/t22-/m0/s1. The average molecular weight is 469 g/mol. The zero-order chi connectivity index (χ0) is 23.2. The third kappa shape index (κ3) is 6.07. The van der Waals surface area contributed by atoms with Crippen LogP contribution in [-0.4, -0.2) is 53.8 Å². The number of alkyl carbamates (subject to hydrolysis) is 1. The highest BCUT2D eigenvalue weighted by Crippen LogP contribution is 2.44. The molecule has 0 saturated heterocycles. The van der Waals surface area contributed by atoms with E-state index >= 15 is 0 Å². The summed E-state index contributed by atoms with van der Waals surface area (Å²) in [4.78, 5) is 35.4. The summed E-state index contributed by atoms with van der Waals surface area (Å²) in [7, 11) is 0. The Morgan fingerprint density at radius 1 is 1.03 bits per heavy atom. The number of amides is 2. The monoisotopic (exact) mass is 468 g/mol. The smallest absolute Gasteiger partial charge is 0.407 e. The molecule has 33 heavy (non-hydrogen) atoms. The van der Waals surface area contributed by atoms with Crippen LogP contribution in [0.4, 0.5) is 4.79 Å². The summed E-state index contributed by atoms with van der Waals surface area (Å²) < 4.78 is 5.49. The number of benzene rings is 2. The first-order valence-corrected chi connectivity index (χ1v) is 12.4. The van der Waals surface area contributed by atoms with Gasteiger partial charge in [-0.25, -0.2) is 9.59 Å². The molecule has 1 saturated carbocycles. The van der Waals surface area contributed by atoms with E-state index in [1.807, 2.05) is 24.3 Å². The third-order valence-corrected chi connectivity index (χ3v) is 6.95. The molecular weight excluding hydrogens is 440 g/mol. The maximum Gasteiger partial charge on any atom is 0.407 e. The van der Waals surface area contributed by atoms with E-state index < -0.39 is 18.1 Å². The van der Waals surface area contributed by atoms with E-state index in [-0.39, 0.29) is 24.2 Å². The maximum absolute atomic E-state index is 12.2. The van der Waals surface area contributed by atoms with Crippen LogP contribution in [0.2, 0.25) is 0 Å².